The van der Waals surface area contributed by atoms with Crippen LogP contribution in [0, 0.1) is 0 Å². The lowest BCUT2D eigenvalue weighted by atomic mass is 10.2. The van der Waals surface area contributed by atoms with Gasteiger partial charge in [-0.1, -0.05) is 5.57 Å². The molecule has 0 aliphatic carbocycles. The summed E-state index contributed by atoms with van der Waals surface area (Å²) < 4.78 is 0. The molecule has 0 aromatic carbocycles. The first kappa shape index (κ1) is 10.4. The second kappa shape index (κ2) is 5.17. The number of amides is 1. The summed E-state index contributed by atoms with van der Waals surface area (Å²) >= 11 is 0. The van der Waals surface area contributed by atoms with Crippen LogP contribution in [0.3, 0.4) is 0 Å². The Kier molecular flexibility index (Phi) is 3.85. The third-order valence-electron chi connectivity index (χ3n) is 1.64. The predicted molar refractivity (Wildman–Crippen MR) is 55.5 cm³/mol. The Labute approximate surface area is 83.9 Å². The van der Waals surface area contributed by atoms with Gasteiger partial charge in [-0.3, -0.25) is 9.78 Å². The van der Waals surface area contributed by atoms with Crippen LogP contribution in [-0.2, 0) is 11.3 Å². The molecule has 3 nitrogen and oxygen atoms in total. The van der Waals surface area contributed by atoms with E-state index in [1.807, 2.05) is 26.0 Å². The van der Waals surface area contributed by atoms with Gasteiger partial charge in [0.15, 0.2) is 0 Å². The summed E-state index contributed by atoms with van der Waals surface area (Å²) in [6.07, 6.45) is 5.01. The number of rotatable bonds is 3. The van der Waals surface area contributed by atoms with Crippen molar-refractivity contribution in [2.75, 3.05) is 0 Å². The van der Waals surface area contributed by atoms with Crippen molar-refractivity contribution >= 4 is 5.91 Å². The number of carbonyl (C=O) groups is 1. The van der Waals surface area contributed by atoms with Crippen molar-refractivity contribution in [3.05, 3.63) is 41.7 Å². The maximum absolute atomic E-state index is 11.2. The first-order valence-corrected chi connectivity index (χ1v) is 4.50. The molecule has 0 atom stereocenters. The molecule has 14 heavy (non-hydrogen) atoms. The molecule has 0 radical (unpaired) electrons. The number of pyridine rings is 1. The van der Waals surface area contributed by atoms with Crippen molar-refractivity contribution in [1.82, 2.24) is 10.3 Å². The fraction of sp³-hybridized carbons (Fsp3) is 0.273. The van der Waals surface area contributed by atoms with Gasteiger partial charge in [-0.25, -0.2) is 0 Å². The molecule has 1 amide bonds. The third-order valence-corrected chi connectivity index (χ3v) is 1.64. The predicted octanol–water partition coefficient (Wildman–Crippen LogP) is 1.66. The number of aromatic nitrogens is 1. The van der Waals surface area contributed by atoms with Gasteiger partial charge in [0.2, 0.25) is 5.91 Å². The van der Waals surface area contributed by atoms with Crippen molar-refractivity contribution in [3.63, 3.8) is 0 Å². The van der Waals surface area contributed by atoms with Gasteiger partial charge >= 0.3 is 0 Å². The van der Waals surface area contributed by atoms with E-state index in [1.165, 1.54) is 0 Å². The fourth-order valence-corrected chi connectivity index (χ4v) is 1.00. The smallest absolute Gasteiger partial charge is 0.244 e. The van der Waals surface area contributed by atoms with Crippen LogP contribution in [0.4, 0.5) is 0 Å². The topological polar surface area (TPSA) is 42.0 Å². The summed E-state index contributed by atoms with van der Waals surface area (Å²) in [6.45, 7) is 4.34. The van der Waals surface area contributed by atoms with Gasteiger partial charge in [-0.15, -0.1) is 0 Å². The van der Waals surface area contributed by atoms with Gasteiger partial charge in [-0.05, 0) is 31.5 Å². The molecular weight excluding hydrogens is 176 g/mol. The Hall–Kier alpha value is -1.64. The average Bonchev–Trinajstić information content (AvgIpc) is 2.15. The largest absolute Gasteiger partial charge is 0.348 e. The molecule has 0 fully saturated rings. The highest BCUT2D eigenvalue weighted by molar-refractivity contribution is 5.87. The second-order valence-electron chi connectivity index (χ2n) is 3.29. The van der Waals surface area contributed by atoms with E-state index in [0.29, 0.717) is 6.54 Å². The van der Waals surface area contributed by atoms with Crippen LogP contribution in [0.25, 0.3) is 0 Å². The molecule has 0 saturated carbocycles. The zero-order valence-electron chi connectivity index (χ0n) is 8.45. The standard InChI is InChI=1S/C11H14N2O/c1-9(2)7-11(14)13-8-10-3-5-12-6-4-10/h3-7H,8H2,1-2H3,(H,13,14). The zero-order chi connectivity index (χ0) is 10.4. The van der Waals surface area contributed by atoms with Crippen molar-refractivity contribution in [2.24, 2.45) is 0 Å². The maximum Gasteiger partial charge on any atom is 0.244 e. The van der Waals surface area contributed by atoms with Gasteiger partial charge in [0.25, 0.3) is 0 Å². The summed E-state index contributed by atoms with van der Waals surface area (Å²) in [5, 5.41) is 2.79. The van der Waals surface area contributed by atoms with Crippen molar-refractivity contribution < 1.29 is 4.79 Å². The van der Waals surface area contributed by atoms with Crippen LogP contribution in [0.1, 0.15) is 19.4 Å². The van der Waals surface area contributed by atoms with Crippen molar-refractivity contribution in [1.29, 1.82) is 0 Å². The number of nitrogens with one attached hydrogen (secondary N) is 1. The normalized spacial score (nSPS) is 9.29. The van der Waals surface area contributed by atoms with Gasteiger partial charge in [0.1, 0.15) is 0 Å². The molecule has 1 aromatic heterocycles. The van der Waals surface area contributed by atoms with Crippen molar-refractivity contribution in [2.45, 2.75) is 20.4 Å². The maximum atomic E-state index is 11.2. The van der Waals surface area contributed by atoms with Gasteiger partial charge in [-0.2, -0.15) is 0 Å². The Morgan fingerprint density at radius 2 is 2.07 bits per heavy atom. The molecular formula is C11H14N2O. The molecule has 0 saturated heterocycles. The molecule has 1 rings (SSSR count). The highest BCUT2D eigenvalue weighted by Gasteiger charge is 1.96. The Balaban J connectivity index is 2.42. The molecule has 0 bridgehead atoms. The van der Waals surface area contributed by atoms with E-state index in [9.17, 15) is 4.79 Å². The third kappa shape index (κ3) is 3.85. The quantitative estimate of drug-likeness (QED) is 0.736. The van der Waals surface area contributed by atoms with Crippen LogP contribution >= 0.6 is 0 Å². The molecule has 1 aromatic rings. The highest BCUT2D eigenvalue weighted by atomic mass is 16.1. The number of carbonyl (C=O) groups excluding carboxylic acids is 1. The monoisotopic (exact) mass is 190 g/mol. The SMILES string of the molecule is CC(C)=CC(=O)NCc1ccncc1. The summed E-state index contributed by atoms with van der Waals surface area (Å²) in [5.41, 5.74) is 2.05. The summed E-state index contributed by atoms with van der Waals surface area (Å²) in [6, 6.07) is 3.76. The number of hydrogen-bond acceptors (Lipinski definition) is 2. The van der Waals surface area contributed by atoms with E-state index < -0.39 is 0 Å². The molecule has 0 aliphatic heterocycles. The minimum absolute atomic E-state index is 0.0539. The highest BCUT2D eigenvalue weighted by Crippen LogP contribution is 1.95. The van der Waals surface area contributed by atoms with Gasteiger partial charge in [0.05, 0.1) is 0 Å². The van der Waals surface area contributed by atoms with Gasteiger partial charge in [0, 0.05) is 25.0 Å². The minimum atomic E-state index is -0.0539. The Morgan fingerprint density at radius 3 is 2.64 bits per heavy atom. The summed E-state index contributed by atoms with van der Waals surface area (Å²) in [5.74, 6) is -0.0539. The molecule has 1 heterocycles. The first-order chi connectivity index (χ1) is 6.68. The van der Waals surface area contributed by atoms with E-state index in [4.69, 9.17) is 0 Å². The Bertz CT molecular complexity index is 326. The van der Waals surface area contributed by atoms with Crippen molar-refractivity contribution in [3.8, 4) is 0 Å². The van der Waals surface area contributed by atoms with Crippen LogP contribution in [0.2, 0.25) is 0 Å². The molecule has 1 N–H and O–H groups in total. The lowest BCUT2D eigenvalue weighted by Gasteiger charge is -2.01. The van der Waals surface area contributed by atoms with E-state index in [1.54, 1.807) is 18.5 Å². The van der Waals surface area contributed by atoms with E-state index in [-0.39, 0.29) is 5.91 Å². The number of hydrogen-bond donors (Lipinski definition) is 1. The van der Waals surface area contributed by atoms with E-state index in [2.05, 4.69) is 10.3 Å². The minimum Gasteiger partial charge on any atom is -0.348 e. The molecule has 74 valence electrons. The summed E-state index contributed by atoms with van der Waals surface area (Å²) in [4.78, 5) is 15.1. The van der Waals surface area contributed by atoms with Crippen LogP contribution in [0.15, 0.2) is 36.2 Å². The molecule has 3 heteroatoms. The fourth-order valence-electron chi connectivity index (χ4n) is 1.00. The van der Waals surface area contributed by atoms with Crippen LogP contribution in [-0.4, -0.2) is 10.9 Å². The second-order valence-corrected chi connectivity index (χ2v) is 3.29. The zero-order valence-corrected chi connectivity index (χ0v) is 8.45. The number of nitrogens with zero attached hydrogens (tertiary/aromatic N) is 1. The van der Waals surface area contributed by atoms with Crippen LogP contribution in [0.5, 0.6) is 0 Å². The Morgan fingerprint density at radius 1 is 1.43 bits per heavy atom. The summed E-state index contributed by atoms with van der Waals surface area (Å²) in [7, 11) is 0. The van der Waals surface area contributed by atoms with E-state index in [0.717, 1.165) is 11.1 Å². The average molecular weight is 190 g/mol. The number of allylic oxidation sites excluding steroid dienone is 1. The lowest BCUT2D eigenvalue weighted by molar-refractivity contribution is -0.116. The molecule has 0 spiro atoms. The molecule has 0 unspecified atom stereocenters. The van der Waals surface area contributed by atoms with E-state index >= 15 is 0 Å². The first-order valence-electron chi connectivity index (χ1n) is 4.50. The van der Waals surface area contributed by atoms with Crippen LogP contribution < -0.4 is 5.32 Å². The molecule has 0 aliphatic rings. The lowest BCUT2D eigenvalue weighted by Crippen LogP contribution is -2.20. The van der Waals surface area contributed by atoms with Gasteiger partial charge < -0.3 is 5.32 Å².